The lowest BCUT2D eigenvalue weighted by molar-refractivity contribution is 0.390. The third-order valence-corrected chi connectivity index (χ3v) is 4.68. The number of benzene rings is 2. The highest BCUT2D eigenvalue weighted by atomic mass is 127. The molecule has 0 fully saturated rings. The van der Waals surface area contributed by atoms with Crippen molar-refractivity contribution in [1.29, 1.82) is 0 Å². The first-order valence-corrected chi connectivity index (χ1v) is 8.65. The molecule has 0 spiro atoms. The summed E-state index contributed by atoms with van der Waals surface area (Å²) < 4.78 is 26.5. The third kappa shape index (κ3) is 3.69. The van der Waals surface area contributed by atoms with E-state index in [2.05, 4.69) is 38.5 Å². The zero-order chi connectivity index (χ0) is 15.4. The molecule has 2 aromatic carbocycles. The molecule has 0 aliphatic heterocycles. The van der Waals surface area contributed by atoms with E-state index in [-0.39, 0.29) is 5.82 Å². The molecule has 112 valence electrons. The van der Waals surface area contributed by atoms with Gasteiger partial charge in [0.25, 0.3) is 0 Å². The third-order valence-electron chi connectivity index (χ3n) is 3.24. The van der Waals surface area contributed by atoms with Crippen LogP contribution in [0.5, 0.6) is 11.5 Å². The highest BCUT2D eigenvalue weighted by molar-refractivity contribution is 14.1. The summed E-state index contributed by atoms with van der Waals surface area (Å²) in [7, 11) is 3.20. The molecule has 0 heterocycles. The minimum absolute atomic E-state index is 0.138. The molecule has 0 saturated heterocycles. The highest BCUT2D eigenvalue weighted by Crippen LogP contribution is 2.34. The van der Waals surface area contributed by atoms with Crippen LogP contribution in [0.3, 0.4) is 0 Å². The number of methoxy groups -OCH3 is 2. The standard InChI is InChI=1S/C16H15BrFIO2/c1-20-14-8-15(21-2)13(17)7-12(14)6-10-4-3-5-11(9-19)16(10)18/h3-5,7-8H,6,9H2,1-2H3. The Morgan fingerprint density at radius 3 is 2.33 bits per heavy atom. The van der Waals surface area contributed by atoms with Crippen molar-refractivity contribution in [2.45, 2.75) is 10.8 Å². The van der Waals surface area contributed by atoms with Crippen LogP contribution in [0.2, 0.25) is 0 Å². The molecule has 0 aliphatic rings. The summed E-state index contributed by atoms with van der Waals surface area (Å²) in [5.41, 5.74) is 2.30. The Bertz CT molecular complexity index is 646. The molecule has 0 unspecified atom stereocenters. The number of alkyl halides is 1. The molecule has 0 bridgehead atoms. The van der Waals surface area contributed by atoms with Gasteiger partial charge in [-0.05, 0) is 38.7 Å². The van der Waals surface area contributed by atoms with E-state index < -0.39 is 0 Å². The van der Waals surface area contributed by atoms with Gasteiger partial charge in [-0.3, -0.25) is 0 Å². The fourth-order valence-electron chi connectivity index (χ4n) is 2.14. The van der Waals surface area contributed by atoms with E-state index in [4.69, 9.17) is 9.47 Å². The van der Waals surface area contributed by atoms with Crippen molar-refractivity contribution in [3.05, 3.63) is 57.3 Å². The van der Waals surface area contributed by atoms with Crippen LogP contribution in [-0.2, 0) is 10.8 Å². The van der Waals surface area contributed by atoms with E-state index in [0.29, 0.717) is 27.9 Å². The van der Waals surface area contributed by atoms with Crippen LogP contribution in [0.4, 0.5) is 4.39 Å². The average molecular weight is 465 g/mol. The zero-order valence-electron chi connectivity index (χ0n) is 11.8. The zero-order valence-corrected chi connectivity index (χ0v) is 15.5. The second kappa shape index (κ2) is 7.45. The Morgan fingerprint density at radius 1 is 1.05 bits per heavy atom. The highest BCUT2D eigenvalue weighted by Gasteiger charge is 2.13. The van der Waals surface area contributed by atoms with Gasteiger partial charge in [0.1, 0.15) is 17.3 Å². The molecule has 5 heteroatoms. The number of hydrogen-bond donors (Lipinski definition) is 0. The van der Waals surface area contributed by atoms with Gasteiger partial charge >= 0.3 is 0 Å². The molecule has 0 atom stereocenters. The maximum Gasteiger partial charge on any atom is 0.136 e. The number of halogens is 3. The lowest BCUT2D eigenvalue weighted by Crippen LogP contribution is -2.00. The second-order valence-electron chi connectivity index (χ2n) is 4.50. The first-order chi connectivity index (χ1) is 10.1. The molecule has 2 rings (SSSR count). The fraction of sp³-hybridized carbons (Fsp3) is 0.250. The van der Waals surface area contributed by atoms with Gasteiger partial charge in [0.15, 0.2) is 0 Å². The molecule has 21 heavy (non-hydrogen) atoms. The SMILES string of the molecule is COc1cc(OC)c(Cc2cccc(CI)c2F)cc1Br. The van der Waals surface area contributed by atoms with Crippen LogP contribution in [-0.4, -0.2) is 14.2 Å². The molecule has 0 amide bonds. The van der Waals surface area contributed by atoms with Crippen LogP contribution >= 0.6 is 38.5 Å². The van der Waals surface area contributed by atoms with Gasteiger partial charge < -0.3 is 9.47 Å². The maximum absolute atomic E-state index is 14.4. The molecule has 0 radical (unpaired) electrons. The Kier molecular flexibility index (Phi) is 5.87. The molecule has 0 aliphatic carbocycles. The molecule has 0 saturated carbocycles. The van der Waals surface area contributed by atoms with Crippen molar-refractivity contribution in [2.75, 3.05) is 14.2 Å². The number of hydrogen-bond acceptors (Lipinski definition) is 2. The van der Waals surface area contributed by atoms with Crippen molar-refractivity contribution < 1.29 is 13.9 Å². The smallest absolute Gasteiger partial charge is 0.136 e. The molecule has 2 nitrogen and oxygen atoms in total. The Balaban J connectivity index is 2.42. The van der Waals surface area contributed by atoms with Crippen molar-refractivity contribution in [3.8, 4) is 11.5 Å². The fourth-order valence-corrected chi connectivity index (χ4v) is 3.28. The Hall–Kier alpha value is -0.820. The molecule has 2 aromatic rings. The van der Waals surface area contributed by atoms with E-state index in [1.807, 2.05) is 24.3 Å². The van der Waals surface area contributed by atoms with Crippen LogP contribution < -0.4 is 9.47 Å². The summed E-state index contributed by atoms with van der Waals surface area (Å²) in [6, 6.07) is 9.22. The summed E-state index contributed by atoms with van der Waals surface area (Å²) in [5, 5.41) is 0. The molecular formula is C16H15BrFIO2. The maximum atomic E-state index is 14.4. The van der Waals surface area contributed by atoms with Crippen molar-refractivity contribution in [3.63, 3.8) is 0 Å². The predicted octanol–water partition coefficient (Wildman–Crippen LogP) is 5.13. The lowest BCUT2D eigenvalue weighted by Gasteiger charge is -2.13. The Morgan fingerprint density at radius 2 is 1.71 bits per heavy atom. The minimum atomic E-state index is -0.138. The minimum Gasteiger partial charge on any atom is -0.496 e. The van der Waals surface area contributed by atoms with E-state index >= 15 is 0 Å². The predicted molar refractivity (Wildman–Crippen MR) is 94.2 cm³/mol. The monoisotopic (exact) mass is 464 g/mol. The van der Waals surface area contributed by atoms with E-state index in [9.17, 15) is 4.39 Å². The number of ether oxygens (including phenoxy) is 2. The first-order valence-electron chi connectivity index (χ1n) is 6.33. The molecule has 0 N–H and O–H groups in total. The molecular weight excluding hydrogens is 450 g/mol. The van der Waals surface area contributed by atoms with Gasteiger partial charge in [0, 0.05) is 16.9 Å². The van der Waals surface area contributed by atoms with Gasteiger partial charge in [-0.2, -0.15) is 0 Å². The van der Waals surface area contributed by atoms with E-state index in [1.54, 1.807) is 20.3 Å². The summed E-state index contributed by atoms with van der Waals surface area (Å²) in [6.45, 7) is 0. The first kappa shape index (κ1) is 16.5. The van der Waals surface area contributed by atoms with Crippen molar-refractivity contribution in [2.24, 2.45) is 0 Å². The molecule has 0 aromatic heterocycles. The van der Waals surface area contributed by atoms with Gasteiger partial charge in [-0.25, -0.2) is 4.39 Å². The van der Waals surface area contributed by atoms with Crippen molar-refractivity contribution in [1.82, 2.24) is 0 Å². The van der Waals surface area contributed by atoms with E-state index in [0.717, 1.165) is 15.6 Å². The van der Waals surface area contributed by atoms with Crippen LogP contribution in [0.15, 0.2) is 34.8 Å². The number of rotatable bonds is 5. The van der Waals surface area contributed by atoms with Crippen LogP contribution in [0.25, 0.3) is 0 Å². The Labute approximate surface area is 145 Å². The summed E-state index contributed by atoms with van der Waals surface area (Å²) in [6.07, 6.45) is 0.474. The van der Waals surface area contributed by atoms with Crippen LogP contribution in [0, 0.1) is 5.82 Å². The lowest BCUT2D eigenvalue weighted by atomic mass is 10.0. The average Bonchev–Trinajstić information content (AvgIpc) is 2.49. The van der Waals surface area contributed by atoms with E-state index in [1.165, 1.54) is 0 Å². The van der Waals surface area contributed by atoms with Gasteiger partial charge in [-0.15, -0.1) is 0 Å². The van der Waals surface area contributed by atoms with Crippen LogP contribution in [0.1, 0.15) is 16.7 Å². The van der Waals surface area contributed by atoms with Crippen molar-refractivity contribution >= 4 is 38.5 Å². The summed E-state index contributed by atoms with van der Waals surface area (Å²) in [4.78, 5) is 0. The topological polar surface area (TPSA) is 18.5 Å². The largest absolute Gasteiger partial charge is 0.496 e. The quantitative estimate of drug-likeness (QED) is 0.451. The van der Waals surface area contributed by atoms with Gasteiger partial charge in [0.05, 0.1) is 18.7 Å². The van der Waals surface area contributed by atoms with Gasteiger partial charge in [0.2, 0.25) is 0 Å². The normalized spacial score (nSPS) is 10.5. The summed E-state index contributed by atoms with van der Waals surface area (Å²) >= 11 is 5.62. The van der Waals surface area contributed by atoms with Gasteiger partial charge in [-0.1, -0.05) is 40.8 Å². The summed E-state index contributed by atoms with van der Waals surface area (Å²) in [5.74, 6) is 1.24. The second-order valence-corrected chi connectivity index (χ2v) is 6.12.